The van der Waals surface area contributed by atoms with Gasteiger partial charge in [0.1, 0.15) is 11.5 Å². The summed E-state index contributed by atoms with van der Waals surface area (Å²) in [6, 6.07) is 58.1. The monoisotopic (exact) mass is 591 g/mol. The van der Waals surface area contributed by atoms with Crippen molar-refractivity contribution < 1.29 is 9.47 Å². The third-order valence-electron chi connectivity index (χ3n) is 8.98. The highest BCUT2D eigenvalue weighted by Crippen LogP contribution is 2.44. The van der Waals surface area contributed by atoms with Gasteiger partial charge in [-0.25, -0.2) is 0 Å². The second-order valence-electron chi connectivity index (χ2n) is 11.7. The molecule has 0 bridgehead atoms. The Bertz CT molecular complexity index is 2280. The maximum absolute atomic E-state index is 6.26. The molecule has 0 unspecified atom stereocenters. The maximum atomic E-state index is 6.26. The van der Waals surface area contributed by atoms with Gasteiger partial charge < -0.3 is 14.0 Å². The maximum Gasteiger partial charge on any atom is 0.230 e. The first-order valence-corrected chi connectivity index (χ1v) is 15.6. The Morgan fingerprint density at radius 3 is 1.54 bits per heavy atom. The van der Waals surface area contributed by atoms with Crippen LogP contribution in [0.4, 0.5) is 0 Å². The molecule has 2 heterocycles. The Balaban J connectivity index is 1.18. The summed E-state index contributed by atoms with van der Waals surface area (Å²) >= 11 is 0. The lowest BCUT2D eigenvalue weighted by atomic mass is 9.92. The molecule has 46 heavy (non-hydrogen) atoms. The van der Waals surface area contributed by atoms with E-state index in [4.69, 9.17) is 9.47 Å². The van der Waals surface area contributed by atoms with Crippen LogP contribution in [0, 0.1) is 0 Å². The molecule has 3 heteroatoms. The fourth-order valence-electron chi connectivity index (χ4n) is 6.78. The van der Waals surface area contributed by atoms with Gasteiger partial charge in [0, 0.05) is 27.6 Å². The number of fused-ring (bicyclic) bond motifs is 6. The van der Waals surface area contributed by atoms with Crippen molar-refractivity contribution in [2.24, 2.45) is 0 Å². The smallest absolute Gasteiger partial charge is 0.230 e. The van der Waals surface area contributed by atoms with Crippen LogP contribution in [0.25, 0.3) is 72.0 Å². The predicted molar refractivity (Wildman–Crippen MR) is 189 cm³/mol. The molecule has 0 N–H and O–H groups in total. The topological polar surface area (TPSA) is 23.4 Å². The highest BCUT2D eigenvalue weighted by atomic mass is 16.7. The molecule has 1 aromatic heterocycles. The zero-order valence-electron chi connectivity index (χ0n) is 25.1. The molecular weight excluding hydrogens is 562 g/mol. The van der Waals surface area contributed by atoms with Crippen molar-refractivity contribution in [3.05, 3.63) is 164 Å². The zero-order valence-corrected chi connectivity index (χ0v) is 25.1. The Hall–Kier alpha value is -6.06. The lowest BCUT2D eigenvalue weighted by Gasteiger charge is -2.14. The lowest BCUT2D eigenvalue weighted by Crippen LogP contribution is -2.03. The van der Waals surface area contributed by atoms with Gasteiger partial charge in [0.2, 0.25) is 6.79 Å². The van der Waals surface area contributed by atoms with Crippen molar-refractivity contribution in [1.29, 1.82) is 0 Å². The number of ether oxygens (including phenoxy) is 2. The summed E-state index contributed by atoms with van der Waals surface area (Å²) in [6.07, 6.45) is 0. The molecule has 0 spiro atoms. The van der Waals surface area contributed by atoms with Crippen LogP contribution in [0.3, 0.4) is 0 Å². The summed E-state index contributed by atoms with van der Waals surface area (Å²) in [4.78, 5) is 0. The van der Waals surface area contributed by atoms with E-state index in [2.05, 4.69) is 168 Å². The van der Waals surface area contributed by atoms with Gasteiger partial charge >= 0.3 is 0 Å². The van der Waals surface area contributed by atoms with E-state index in [9.17, 15) is 0 Å². The van der Waals surface area contributed by atoms with Gasteiger partial charge in [-0.1, -0.05) is 103 Å². The Morgan fingerprint density at radius 2 is 0.913 bits per heavy atom. The summed E-state index contributed by atoms with van der Waals surface area (Å²) < 4.78 is 14.7. The summed E-state index contributed by atoms with van der Waals surface area (Å²) in [6.45, 7) is 0.150. The first kappa shape index (κ1) is 26.4. The third-order valence-corrected chi connectivity index (χ3v) is 8.98. The number of benzene rings is 7. The number of hydrogen-bond donors (Lipinski definition) is 0. The van der Waals surface area contributed by atoms with E-state index in [1.165, 1.54) is 44.1 Å². The van der Waals surface area contributed by atoms with Gasteiger partial charge in [0.05, 0.1) is 11.0 Å². The highest BCUT2D eigenvalue weighted by Gasteiger charge is 2.20. The van der Waals surface area contributed by atoms with Crippen LogP contribution in [0.5, 0.6) is 11.5 Å². The van der Waals surface area contributed by atoms with Crippen LogP contribution in [0.2, 0.25) is 0 Å². The predicted octanol–water partition coefficient (Wildman–Crippen LogP) is 11.2. The van der Waals surface area contributed by atoms with Gasteiger partial charge in [-0.3, -0.25) is 0 Å². The van der Waals surface area contributed by atoms with E-state index < -0.39 is 0 Å². The Kier molecular flexibility index (Phi) is 6.20. The minimum Gasteiger partial charge on any atom is -0.457 e. The zero-order chi connectivity index (χ0) is 30.5. The minimum atomic E-state index is 0.150. The summed E-state index contributed by atoms with van der Waals surface area (Å²) in [7, 11) is 0. The van der Waals surface area contributed by atoms with E-state index in [-0.39, 0.29) is 6.79 Å². The molecule has 8 aromatic rings. The number of hydrogen-bond acceptors (Lipinski definition) is 2. The van der Waals surface area contributed by atoms with Crippen LogP contribution in [-0.2, 0) is 0 Å². The first-order chi connectivity index (χ1) is 22.8. The second-order valence-corrected chi connectivity index (χ2v) is 11.7. The molecule has 0 saturated carbocycles. The molecule has 3 nitrogen and oxygen atoms in total. The fourth-order valence-corrected chi connectivity index (χ4v) is 6.78. The highest BCUT2D eigenvalue weighted by molar-refractivity contribution is 6.09. The molecule has 7 aromatic carbocycles. The molecule has 218 valence electrons. The van der Waals surface area contributed by atoms with Crippen molar-refractivity contribution in [3.63, 3.8) is 0 Å². The summed E-state index contributed by atoms with van der Waals surface area (Å²) in [5.41, 5.74) is 12.4. The van der Waals surface area contributed by atoms with E-state index in [0.717, 1.165) is 39.4 Å². The van der Waals surface area contributed by atoms with Crippen LogP contribution in [0.15, 0.2) is 164 Å². The largest absolute Gasteiger partial charge is 0.457 e. The molecule has 1 aliphatic rings. The third kappa shape index (κ3) is 4.44. The van der Waals surface area contributed by atoms with Crippen molar-refractivity contribution in [3.8, 4) is 61.7 Å². The normalized spacial score (nSPS) is 12.2. The van der Waals surface area contributed by atoms with E-state index in [1.807, 2.05) is 0 Å². The van der Waals surface area contributed by atoms with Crippen LogP contribution in [-0.4, -0.2) is 11.4 Å². The fraction of sp³-hybridized carbons (Fsp3) is 0.0233. The van der Waals surface area contributed by atoms with Crippen LogP contribution < -0.4 is 9.47 Å². The molecule has 0 fully saturated rings. The molecule has 0 saturated heterocycles. The first-order valence-electron chi connectivity index (χ1n) is 15.6. The molecule has 9 rings (SSSR count). The SMILES string of the molecule is c1ccc(-c2cc(-c3ccccc3)cc(-c3ccc4c(c3)OCOc3ccc(-n5c6ccccc6c6ccccc65)cc3-4)c2)cc1. The van der Waals surface area contributed by atoms with E-state index in [0.29, 0.717) is 0 Å². The lowest BCUT2D eigenvalue weighted by molar-refractivity contribution is 0.125. The standard InChI is InChI=1S/C43H29NO2/c1-3-11-29(12-4-1)32-23-33(30-13-5-2-6-14-30)25-34(24-32)31-19-21-38-39-27-35(20-22-42(39)45-28-46-43(38)26-31)44-40-17-9-7-15-36(40)37-16-8-10-18-41(37)44/h1-27H,28H2. The number of nitrogens with zero attached hydrogens (tertiary/aromatic N) is 1. The van der Waals surface area contributed by atoms with E-state index in [1.54, 1.807) is 0 Å². The molecule has 0 radical (unpaired) electrons. The summed E-state index contributed by atoms with van der Waals surface area (Å²) in [5.74, 6) is 1.62. The van der Waals surface area contributed by atoms with Crippen LogP contribution >= 0.6 is 0 Å². The van der Waals surface area contributed by atoms with Gasteiger partial charge in [-0.2, -0.15) is 0 Å². The molecular formula is C43H29NO2. The van der Waals surface area contributed by atoms with Gasteiger partial charge in [0.25, 0.3) is 0 Å². The van der Waals surface area contributed by atoms with Crippen molar-refractivity contribution in [1.82, 2.24) is 4.57 Å². The quantitative estimate of drug-likeness (QED) is 0.203. The Labute approximate surface area is 267 Å². The van der Waals surface area contributed by atoms with Gasteiger partial charge in [0.15, 0.2) is 0 Å². The Morgan fingerprint density at radius 1 is 0.370 bits per heavy atom. The van der Waals surface area contributed by atoms with Crippen LogP contribution in [0.1, 0.15) is 0 Å². The van der Waals surface area contributed by atoms with E-state index >= 15 is 0 Å². The van der Waals surface area contributed by atoms with Crippen molar-refractivity contribution >= 4 is 21.8 Å². The molecule has 0 atom stereocenters. The van der Waals surface area contributed by atoms with Crippen molar-refractivity contribution in [2.75, 3.05) is 6.79 Å². The summed E-state index contributed by atoms with van der Waals surface area (Å²) in [5, 5.41) is 2.48. The average molecular weight is 592 g/mol. The molecule has 0 aliphatic carbocycles. The number of aromatic nitrogens is 1. The average Bonchev–Trinajstić information content (AvgIpc) is 3.35. The minimum absolute atomic E-state index is 0.150. The second kappa shape index (κ2) is 10.8. The van der Waals surface area contributed by atoms with Crippen molar-refractivity contribution in [2.45, 2.75) is 0 Å². The van der Waals surface area contributed by atoms with Gasteiger partial charge in [-0.15, -0.1) is 0 Å². The molecule has 1 aliphatic heterocycles. The number of para-hydroxylation sites is 2. The number of rotatable bonds is 4. The molecule has 0 amide bonds. The van der Waals surface area contributed by atoms with Gasteiger partial charge in [-0.05, 0) is 94.0 Å².